The van der Waals surface area contributed by atoms with Crippen molar-refractivity contribution in [2.75, 3.05) is 0 Å². The third kappa shape index (κ3) is 4.68. The van der Waals surface area contributed by atoms with Crippen molar-refractivity contribution in [2.45, 2.75) is 51.6 Å². The number of hydrogen-bond acceptors (Lipinski definition) is 7. The van der Waals surface area contributed by atoms with Crippen molar-refractivity contribution < 1.29 is 28.3 Å². The molecule has 11 heteroatoms. The number of nitrogens with one attached hydrogen (secondary N) is 2. The number of benzene rings is 1. The summed E-state index contributed by atoms with van der Waals surface area (Å²) in [6.07, 6.45) is 4.61. The third-order valence-corrected chi connectivity index (χ3v) is 6.58. The van der Waals surface area contributed by atoms with Crippen LogP contribution < -0.4 is 15.4 Å². The second-order valence-corrected chi connectivity index (χ2v) is 9.19. The number of rotatable bonds is 8. The van der Waals surface area contributed by atoms with Crippen LogP contribution in [0.3, 0.4) is 0 Å². The van der Waals surface area contributed by atoms with E-state index in [1.54, 1.807) is 25.1 Å². The third-order valence-electron chi connectivity index (χ3n) is 6.58. The molecule has 2 amide bonds. The van der Waals surface area contributed by atoms with Gasteiger partial charge in [-0.2, -0.15) is 5.10 Å². The molecule has 3 heterocycles. The first-order chi connectivity index (χ1) is 17.3. The van der Waals surface area contributed by atoms with Crippen molar-refractivity contribution >= 4 is 29.2 Å². The van der Waals surface area contributed by atoms with E-state index in [-0.39, 0.29) is 41.8 Å². The summed E-state index contributed by atoms with van der Waals surface area (Å²) >= 11 is 0. The van der Waals surface area contributed by atoms with Gasteiger partial charge in [0.15, 0.2) is 17.2 Å². The van der Waals surface area contributed by atoms with Gasteiger partial charge in [0.05, 0.1) is 18.7 Å². The van der Waals surface area contributed by atoms with Gasteiger partial charge in [-0.05, 0) is 30.5 Å². The summed E-state index contributed by atoms with van der Waals surface area (Å²) in [6, 6.07) is 5.60. The summed E-state index contributed by atoms with van der Waals surface area (Å²) in [5.74, 6) is -1.66. The van der Waals surface area contributed by atoms with Gasteiger partial charge in [0.25, 0.3) is 11.8 Å². The molecule has 0 radical (unpaired) electrons. The first-order valence-corrected chi connectivity index (χ1v) is 11.8. The van der Waals surface area contributed by atoms with Crippen LogP contribution in [0.1, 0.15) is 64.7 Å². The highest BCUT2D eigenvalue weighted by Crippen LogP contribution is 2.30. The van der Waals surface area contributed by atoms with Crippen LogP contribution in [0.25, 0.3) is 5.65 Å². The average molecular weight is 493 g/mol. The monoisotopic (exact) mass is 493 g/mol. The van der Waals surface area contributed by atoms with Gasteiger partial charge in [0.1, 0.15) is 17.1 Å². The van der Waals surface area contributed by atoms with Crippen molar-refractivity contribution in [3.8, 4) is 5.75 Å². The largest absolute Gasteiger partial charge is 0.426 e. The first kappa shape index (κ1) is 23.6. The van der Waals surface area contributed by atoms with E-state index in [0.717, 1.165) is 41.1 Å². The van der Waals surface area contributed by atoms with E-state index < -0.39 is 23.7 Å². The van der Waals surface area contributed by atoms with E-state index >= 15 is 0 Å². The zero-order valence-electron chi connectivity index (χ0n) is 19.5. The van der Waals surface area contributed by atoms with Crippen LogP contribution >= 0.6 is 0 Å². The van der Waals surface area contributed by atoms with Crippen molar-refractivity contribution in [3.05, 3.63) is 58.8 Å². The van der Waals surface area contributed by atoms with Gasteiger partial charge < -0.3 is 15.4 Å². The first-order valence-electron chi connectivity index (χ1n) is 11.8. The number of ether oxygens (including phenoxy) is 1. The predicted octanol–water partition coefficient (Wildman–Crippen LogP) is 2.14. The van der Waals surface area contributed by atoms with Crippen LogP contribution in [-0.2, 0) is 22.6 Å². The number of carbonyl (C=O) groups is 4. The maximum absolute atomic E-state index is 14.3. The molecular formula is C25H24FN5O5. The molecule has 1 saturated carbocycles. The van der Waals surface area contributed by atoms with E-state index in [9.17, 15) is 23.6 Å². The molecule has 10 nitrogen and oxygen atoms in total. The average Bonchev–Trinajstić information content (AvgIpc) is 3.39. The maximum atomic E-state index is 14.3. The fourth-order valence-corrected chi connectivity index (χ4v) is 4.29. The van der Waals surface area contributed by atoms with E-state index in [2.05, 4.69) is 20.7 Å². The minimum Gasteiger partial charge on any atom is -0.426 e. The molecule has 2 N–H and O–H groups in total. The van der Waals surface area contributed by atoms with Crippen LogP contribution in [0.15, 0.2) is 30.5 Å². The fourth-order valence-electron chi connectivity index (χ4n) is 4.29. The summed E-state index contributed by atoms with van der Waals surface area (Å²) in [5.41, 5.74) is 0.876. The molecule has 0 spiro atoms. The Morgan fingerprint density at radius 2 is 2.03 bits per heavy atom. The Hall–Kier alpha value is -4.15. The zero-order valence-corrected chi connectivity index (χ0v) is 19.5. The number of carbonyl (C=O) groups excluding carboxylic acids is 4. The summed E-state index contributed by atoms with van der Waals surface area (Å²) in [7, 11) is 0. The van der Waals surface area contributed by atoms with E-state index in [1.807, 2.05) is 0 Å². The number of aromatic nitrogens is 3. The maximum Gasteiger partial charge on any atom is 0.315 e. The van der Waals surface area contributed by atoms with Crippen LogP contribution in [-0.4, -0.2) is 44.2 Å². The lowest BCUT2D eigenvalue weighted by molar-refractivity contribution is -0.131. The lowest BCUT2D eigenvalue weighted by Crippen LogP contribution is -2.40. The number of fused-ring (bicyclic) bond motifs is 2. The molecule has 3 aromatic rings. The topological polar surface area (TPSA) is 132 Å². The van der Waals surface area contributed by atoms with Crippen molar-refractivity contribution in [3.63, 3.8) is 0 Å². The number of hydrogen-bond donors (Lipinski definition) is 2. The van der Waals surface area contributed by atoms with Gasteiger partial charge in [-0.1, -0.05) is 25.3 Å². The summed E-state index contributed by atoms with van der Waals surface area (Å²) in [5, 5.41) is 9.18. The molecule has 1 aromatic carbocycles. The molecule has 2 aliphatic rings. The normalized spacial score (nSPS) is 15.7. The quantitative estimate of drug-likeness (QED) is 0.363. The molecule has 36 heavy (non-hydrogen) atoms. The molecule has 5 rings (SSSR count). The van der Waals surface area contributed by atoms with Crippen molar-refractivity contribution in [1.29, 1.82) is 0 Å². The van der Waals surface area contributed by atoms with E-state index in [0.29, 0.717) is 18.1 Å². The predicted molar refractivity (Wildman–Crippen MR) is 124 cm³/mol. The highest BCUT2D eigenvalue weighted by atomic mass is 19.1. The Kier molecular flexibility index (Phi) is 6.21. The standard InChI is InChI=1S/C25H24FN5O5/c1-13(20(32)8-14-3-2-4-14)29-25(35)19-10-18(30-23-17(26)12-28-31(19)23)24(34)27-11-15-5-6-21-16(7-15)9-22(33)36-21/h5-7,10,12-14H,2-4,8-9,11H2,1H3,(H,27,34)(H,29,35)/t13-/m0/s1. The number of esters is 1. The van der Waals surface area contributed by atoms with Gasteiger partial charge in [-0.15, -0.1) is 0 Å². The molecule has 186 valence electrons. The minimum absolute atomic E-state index is 0.0793. The van der Waals surface area contributed by atoms with E-state index in [1.165, 1.54) is 6.07 Å². The van der Waals surface area contributed by atoms with Gasteiger partial charge >= 0.3 is 5.97 Å². The molecule has 1 aliphatic heterocycles. The van der Waals surface area contributed by atoms with Gasteiger partial charge in [-0.3, -0.25) is 19.2 Å². The Morgan fingerprint density at radius 3 is 2.78 bits per heavy atom. The second kappa shape index (κ2) is 9.48. The van der Waals surface area contributed by atoms with E-state index in [4.69, 9.17) is 4.74 Å². The highest BCUT2D eigenvalue weighted by Gasteiger charge is 2.26. The molecule has 0 bridgehead atoms. The van der Waals surface area contributed by atoms with Crippen molar-refractivity contribution in [1.82, 2.24) is 25.2 Å². The zero-order chi connectivity index (χ0) is 25.4. The number of halogens is 1. The number of Topliss-reactive ketones (excluding diaryl/α,β-unsaturated/α-hetero) is 1. The molecule has 0 saturated heterocycles. The number of amides is 2. The fraction of sp³-hybridized carbons (Fsp3) is 0.360. The SMILES string of the molecule is C[C@H](NC(=O)c1cc(C(=O)NCc2ccc3c(c2)CC(=O)O3)nc2c(F)cnn12)C(=O)CC1CCC1. The number of ketones is 1. The summed E-state index contributed by atoms with van der Waals surface area (Å²) < 4.78 is 20.4. The van der Waals surface area contributed by atoms with Gasteiger partial charge in [-0.25, -0.2) is 13.9 Å². The number of nitrogens with zero attached hydrogens (tertiary/aromatic N) is 3. The Balaban J connectivity index is 1.32. The van der Waals surface area contributed by atoms with Gasteiger partial charge in [0.2, 0.25) is 0 Å². The highest BCUT2D eigenvalue weighted by molar-refractivity contribution is 6.00. The van der Waals surface area contributed by atoms with Gasteiger partial charge in [0, 0.05) is 24.6 Å². The summed E-state index contributed by atoms with van der Waals surface area (Å²) in [6.45, 7) is 1.72. The van der Waals surface area contributed by atoms with Crippen LogP contribution in [0.5, 0.6) is 5.75 Å². The molecule has 0 unspecified atom stereocenters. The lowest BCUT2D eigenvalue weighted by atomic mass is 9.81. The Bertz CT molecular complexity index is 1400. The molecule has 1 atom stereocenters. The van der Waals surface area contributed by atoms with Crippen LogP contribution in [0, 0.1) is 11.7 Å². The molecule has 1 aliphatic carbocycles. The molecular weight excluding hydrogens is 469 g/mol. The Morgan fingerprint density at radius 1 is 1.22 bits per heavy atom. The second-order valence-electron chi connectivity index (χ2n) is 9.19. The Labute approximate surface area is 205 Å². The summed E-state index contributed by atoms with van der Waals surface area (Å²) in [4.78, 5) is 53.8. The van der Waals surface area contributed by atoms with Crippen LogP contribution in [0.2, 0.25) is 0 Å². The smallest absolute Gasteiger partial charge is 0.315 e. The lowest BCUT2D eigenvalue weighted by Gasteiger charge is -2.25. The van der Waals surface area contributed by atoms with Crippen molar-refractivity contribution in [2.24, 2.45) is 5.92 Å². The molecule has 1 fully saturated rings. The minimum atomic E-state index is -0.795. The molecule has 2 aromatic heterocycles. The van der Waals surface area contributed by atoms with Crippen LogP contribution in [0.4, 0.5) is 4.39 Å².